The molecule has 1 aromatic carbocycles. The molecule has 5 heteroatoms. The minimum atomic E-state index is 0.0976. The summed E-state index contributed by atoms with van der Waals surface area (Å²) in [5, 5.41) is 2.91. The van der Waals surface area contributed by atoms with Crippen molar-refractivity contribution < 1.29 is 9.53 Å². The van der Waals surface area contributed by atoms with E-state index in [0.717, 1.165) is 51.3 Å². The van der Waals surface area contributed by atoms with E-state index in [1.165, 1.54) is 5.56 Å². The van der Waals surface area contributed by atoms with E-state index in [-0.39, 0.29) is 12.1 Å². The van der Waals surface area contributed by atoms with Crippen molar-refractivity contribution in [3.63, 3.8) is 0 Å². The van der Waals surface area contributed by atoms with Crippen LogP contribution in [0.25, 0.3) is 0 Å². The number of urea groups is 1. The number of likely N-dealkylation sites (tertiary alicyclic amines) is 1. The number of nitrogens with zero attached hydrogens (tertiary/aromatic N) is 2. The van der Waals surface area contributed by atoms with Gasteiger partial charge in [-0.1, -0.05) is 18.2 Å². The lowest BCUT2D eigenvalue weighted by Crippen LogP contribution is -2.48. The molecular formula is C18H27N3O2. The third-order valence-corrected chi connectivity index (χ3v) is 4.54. The van der Waals surface area contributed by atoms with Gasteiger partial charge >= 0.3 is 6.03 Å². The molecule has 2 fully saturated rings. The molecule has 2 heterocycles. The van der Waals surface area contributed by atoms with Crippen molar-refractivity contribution in [3.8, 4) is 5.75 Å². The van der Waals surface area contributed by atoms with Crippen LogP contribution >= 0.6 is 0 Å². The second-order valence-corrected chi connectivity index (χ2v) is 6.73. The van der Waals surface area contributed by atoms with E-state index < -0.39 is 0 Å². The van der Waals surface area contributed by atoms with Crippen LogP contribution in [0.5, 0.6) is 5.75 Å². The molecule has 2 saturated heterocycles. The van der Waals surface area contributed by atoms with Crippen molar-refractivity contribution in [2.24, 2.45) is 0 Å². The first-order chi connectivity index (χ1) is 11.1. The van der Waals surface area contributed by atoms with Crippen LogP contribution in [0.2, 0.25) is 0 Å². The number of piperidine rings is 1. The molecule has 2 aliphatic rings. The Labute approximate surface area is 138 Å². The standard InChI is InChI=1S/C18H27N3O2/c1-14(2)23-17-8-4-3-6-15(17)12-20-10-5-7-16(13-20)21-11-9-19-18(21)22/h3-4,6,8,14,16H,5,7,9-13H2,1-2H3,(H,19,22)/t16-/m0/s1. The number of hydrogen-bond acceptors (Lipinski definition) is 3. The molecule has 5 nitrogen and oxygen atoms in total. The molecule has 0 aromatic heterocycles. The van der Waals surface area contributed by atoms with E-state index in [1.807, 2.05) is 17.0 Å². The first kappa shape index (κ1) is 16.1. The van der Waals surface area contributed by atoms with Crippen molar-refractivity contribution in [2.45, 2.75) is 45.4 Å². The molecule has 1 aromatic rings. The van der Waals surface area contributed by atoms with Gasteiger partial charge in [0.15, 0.2) is 0 Å². The normalized spacial score (nSPS) is 22.5. The lowest BCUT2D eigenvalue weighted by Gasteiger charge is -2.37. The zero-order chi connectivity index (χ0) is 16.2. The van der Waals surface area contributed by atoms with E-state index in [1.54, 1.807) is 0 Å². The highest BCUT2D eigenvalue weighted by atomic mass is 16.5. The Morgan fingerprint density at radius 3 is 2.87 bits per heavy atom. The summed E-state index contributed by atoms with van der Waals surface area (Å²) in [7, 11) is 0. The minimum absolute atomic E-state index is 0.0976. The number of carbonyl (C=O) groups excluding carboxylic acids is 1. The van der Waals surface area contributed by atoms with Crippen LogP contribution in [-0.2, 0) is 6.54 Å². The van der Waals surface area contributed by atoms with Crippen molar-refractivity contribution in [1.29, 1.82) is 0 Å². The highest BCUT2D eigenvalue weighted by molar-refractivity contribution is 5.76. The Kier molecular flexibility index (Phi) is 5.06. The third kappa shape index (κ3) is 3.96. The smallest absolute Gasteiger partial charge is 0.317 e. The third-order valence-electron chi connectivity index (χ3n) is 4.54. The van der Waals surface area contributed by atoms with Crippen LogP contribution in [0.15, 0.2) is 24.3 Å². The van der Waals surface area contributed by atoms with Gasteiger partial charge in [0.05, 0.1) is 6.10 Å². The Bertz CT molecular complexity index is 547. The molecule has 126 valence electrons. The predicted molar refractivity (Wildman–Crippen MR) is 90.6 cm³/mol. The number of hydrogen-bond donors (Lipinski definition) is 1. The fourth-order valence-corrected chi connectivity index (χ4v) is 3.51. The fraction of sp³-hybridized carbons (Fsp3) is 0.611. The molecule has 0 aliphatic carbocycles. The molecule has 0 spiro atoms. The lowest BCUT2D eigenvalue weighted by molar-refractivity contribution is 0.120. The first-order valence-electron chi connectivity index (χ1n) is 8.65. The number of para-hydroxylation sites is 1. The van der Waals surface area contributed by atoms with Crippen LogP contribution in [0.1, 0.15) is 32.3 Å². The molecule has 0 saturated carbocycles. The Morgan fingerprint density at radius 1 is 1.30 bits per heavy atom. The van der Waals surface area contributed by atoms with E-state index in [9.17, 15) is 4.79 Å². The van der Waals surface area contributed by atoms with Gasteiger partial charge in [-0.05, 0) is 39.3 Å². The van der Waals surface area contributed by atoms with E-state index in [0.29, 0.717) is 6.04 Å². The highest BCUT2D eigenvalue weighted by Gasteiger charge is 2.31. The van der Waals surface area contributed by atoms with Gasteiger partial charge in [-0.2, -0.15) is 0 Å². The number of nitrogens with one attached hydrogen (secondary N) is 1. The largest absolute Gasteiger partial charge is 0.491 e. The van der Waals surface area contributed by atoms with Gasteiger partial charge in [0.2, 0.25) is 0 Å². The molecule has 0 bridgehead atoms. The maximum Gasteiger partial charge on any atom is 0.317 e. The molecular weight excluding hydrogens is 290 g/mol. The Hall–Kier alpha value is -1.75. The summed E-state index contributed by atoms with van der Waals surface area (Å²) in [4.78, 5) is 16.3. The summed E-state index contributed by atoms with van der Waals surface area (Å²) in [5.74, 6) is 0.975. The lowest BCUT2D eigenvalue weighted by atomic mass is 10.0. The number of ether oxygens (including phenoxy) is 1. The summed E-state index contributed by atoms with van der Waals surface area (Å²) in [6, 6.07) is 8.71. The predicted octanol–water partition coefficient (Wildman–Crippen LogP) is 2.46. The van der Waals surface area contributed by atoms with Gasteiger partial charge < -0.3 is 15.0 Å². The monoisotopic (exact) mass is 317 g/mol. The van der Waals surface area contributed by atoms with E-state index >= 15 is 0 Å². The molecule has 0 radical (unpaired) electrons. The van der Waals surface area contributed by atoms with Crippen molar-refractivity contribution >= 4 is 6.03 Å². The van der Waals surface area contributed by atoms with Crippen LogP contribution < -0.4 is 10.1 Å². The summed E-state index contributed by atoms with van der Waals surface area (Å²) >= 11 is 0. The first-order valence-corrected chi connectivity index (χ1v) is 8.65. The maximum atomic E-state index is 11.9. The van der Waals surface area contributed by atoms with Gasteiger partial charge in [0, 0.05) is 37.8 Å². The SMILES string of the molecule is CC(C)Oc1ccccc1CN1CCC[C@H](N2CCNC2=O)C1. The zero-order valence-electron chi connectivity index (χ0n) is 14.1. The average Bonchev–Trinajstić information content (AvgIpc) is 2.95. The summed E-state index contributed by atoms with van der Waals surface area (Å²) in [6.45, 7) is 8.64. The number of amides is 2. The van der Waals surface area contributed by atoms with Crippen molar-refractivity contribution in [1.82, 2.24) is 15.1 Å². The molecule has 0 unspecified atom stereocenters. The second kappa shape index (κ2) is 7.21. The maximum absolute atomic E-state index is 11.9. The minimum Gasteiger partial charge on any atom is -0.491 e. The molecule has 1 N–H and O–H groups in total. The number of carbonyl (C=O) groups is 1. The van der Waals surface area contributed by atoms with Gasteiger partial charge in [-0.25, -0.2) is 4.79 Å². The molecule has 2 amide bonds. The number of rotatable bonds is 5. The van der Waals surface area contributed by atoms with Gasteiger partial charge in [-0.3, -0.25) is 4.90 Å². The number of benzene rings is 1. The van der Waals surface area contributed by atoms with E-state index in [4.69, 9.17) is 4.74 Å². The zero-order valence-corrected chi connectivity index (χ0v) is 14.1. The van der Waals surface area contributed by atoms with Gasteiger partial charge in [0.25, 0.3) is 0 Å². The average molecular weight is 317 g/mol. The summed E-state index contributed by atoms with van der Waals surface area (Å²) in [5.41, 5.74) is 1.23. The highest BCUT2D eigenvalue weighted by Crippen LogP contribution is 2.24. The molecule has 3 rings (SSSR count). The molecule has 23 heavy (non-hydrogen) atoms. The van der Waals surface area contributed by atoms with Gasteiger partial charge in [-0.15, -0.1) is 0 Å². The fourth-order valence-electron chi connectivity index (χ4n) is 3.51. The Balaban J connectivity index is 1.65. The Morgan fingerprint density at radius 2 is 2.13 bits per heavy atom. The van der Waals surface area contributed by atoms with E-state index in [2.05, 4.69) is 36.2 Å². The van der Waals surface area contributed by atoms with Crippen LogP contribution in [0.4, 0.5) is 4.79 Å². The molecule has 2 aliphatic heterocycles. The van der Waals surface area contributed by atoms with Crippen LogP contribution in [0, 0.1) is 0 Å². The second-order valence-electron chi connectivity index (χ2n) is 6.73. The van der Waals surface area contributed by atoms with Crippen LogP contribution in [0.3, 0.4) is 0 Å². The molecule has 1 atom stereocenters. The summed E-state index contributed by atoms with van der Waals surface area (Å²) in [6.07, 6.45) is 2.42. The van der Waals surface area contributed by atoms with Crippen molar-refractivity contribution in [2.75, 3.05) is 26.2 Å². The van der Waals surface area contributed by atoms with Gasteiger partial charge in [0.1, 0.15) is 5.75 Å². The van der Waals surface area contributed by atoms with Crippen LogP contribution in [-0.4, -0.2) is 54.2 Å². The quantitative estimate of drug-likeness (QED) is 0.907. The summed E-state index contributed by atoms with van der Waals surface area (Å²) < 4.78 is 5.93. The topological polar surface area (TPSA) is 44.8 Å². The van der Waals surface area contributed by atoms with Crippen molar-refractivity contribution in [3.05, 3.63) is 29.8 Å².